The van der Waals surface area contributed by atoms with Crippen molar-refractivity contribution in [3.8, 4) is 56.4 Å². The molecular weight excluding hydrogens is 687 g/mol. The van der Waals surface area contributed by atoms with E-state index in [0.29, 0.717) is 17.5 Å². The second-order valence-electron chi connectivity index (χ2n) is 13.9. The highest BCUT2D eigenvalue weighted by Crippen LogP contribution is 2.45. The van der Waals surface area contributed by atoms with Crippen molar-refractivity contribution in [3.63, 3.8) is 0 Å². The van der Waals surface area contributed by atoms with E-state index in [0.717, 1.165) is 27.8 Å². The molecular formula is C51H31N3S. The molecule has 0 atom stereocenters. The first-order valence-corrected chi connectivity index (χ1v) is 19.3. The third-order valence-corrected chi connectivity index (χ3v) is 11.9. The molecule has 0 radical (unpaired) electrons. The van der Waals surface area contributed by atoms with Gasteiger partial charge in [-0.15, -0.1) is 11.3 Å². The van der Waals surface area contributed by atoms with Crippen molar-refractivity contribution < 1.29 is 0 Å². The van der Waals surface area contributed by atoms with Gasteiger partial charge in [-0.3, -0.25) is 0 Å². The Morgan fingerprint density at radius 2 is 0.745 bits per heavy atom. The molecule has 0 unspecified atom stereocenters. The van der Waals surface area contributed by atoms with Crippen molar-refractivity contribution >= 4 is 63.8 Å². The molecule has 2 heterocycles. The second kappa shape index (κ2) is 12.8. The van der Waals surface area contributed by atoms with Gasteiger partial charge in [-0.1, -0.05) is 170 Å². The van der Waals surface area contributed by atoms with Gasteiger partial charge in [-0.25, -0.2) is 15.0 Å². The van der Waals surface area contributed by atoms with E-state index in [2.05, 4.69) is 152 Å². The van der Waals surface area contributed by atoms with Crippen LogP contribution in [0.3, 0.4) is 0 Å². The summed E-state index contributed by atoms with van der Waals surface area (Å²) < 4.78 is 2.48. The molecule has 2 aromatic heterocycles. The van der Waals surface area contributed by atoms with E-state index >= 15 is 0 Å². The second-order valence-corrected chi connectivity index (χ2v) is 15.0. The Bertz CT molecular complexity index is 3150. The fourth-order valence-electron chi connectivity index (χ4n) is 8.11. The number of aromatic nitrogens is 3. The maximum absolute atomic E-state index is 5.17. The van der Waals surface area contributed by atoms with Crippen LogP contribution >= 0.6 is 11.3 Å². The zero-order valence-electron chi connectivity index (χ0n) is 29.6. The lowest BCUT2D eigenvalue weighted by molar-refractivity contribution is 1.07. The fourth-order valence-corrected chi connectivity index (χ4v) is 9.38. The summed E-state index contributed by atoms with van der Waals surface area (Å²) in [4.78, 5) is 15.3. The van der Waals surface area contributed by atoms with Gasteiger partial charge in [0.2, 0.25) is 0 Å². The molecule has 55 heavy (non-hydrogen) atoms. The molecule has 11 rings (SSSR count). The molecule has 0 aliphatic rings. The van der Waals surface area contributed by atoms with Crippen LogP contribution in [0.5, 0.6) is 0 Å². The predicted octanol–water partition coefficient (Wildman–Crippen LogP) is 14.0. The Hall–Kier alpha value is -7.01. The number of thiophene rings is 1. The van der Waals surface area contributed by atoms with Crippen molar-refractivity contribution in [1.82, 2.24) is 15.0 Å². The molecule has 0 N–H and O–H groups in total. The highest BCUT2D eigenvalue weighted by molar-refractivity contribution is 7.26. The fraction of sp³-hybridized carbons (Fsp3) is 0. The Morgan fingerprint density at radius 1 is 0.291 bits per heavy atom. The van der Waals surface area contributed by atoms with Gasteiger partial charge in [0, 0.05) is 42.4 Å². The van der Waals surface area contributed by atoms with Gasteiger partial charge in [0.15, 0.2) is 17.5 Å². The summed E-state index contributed by atoms with van der Waals surface area (Å²) in [6.45, 7) is 0. The maximum atomic E-state index is 5.17. The summed E-state index contributed by atoms with van der Waals surface area (Å²) in [5.41, 5.74) is 7.50. The normalized spacial score (nSPS) is 11.6. The number of rotatable bonds is 5. The Morgan fingerprint density at radius 3 is 1.36 bits per heavy atom. The van der Waals surface area contributed by atoms with Crippen LogP contribution in [0.15, 0.2) is 188 Å². The van der Waals surface area contributed by atoms with Crippen molar-refractivity contribution in [2.24, 2.45) is 0 Å². The van der Waals surface area contributed by atoms with Gasteiger partial charge in [0.25, 0.3) is 0 Å². The maximum Gasteiger partial charge on any atom is 0.164 e. The summed E-state index contributed by atoms with van der Waals surface area (Å²) >= 11 is 1.83. The van der Waals surface area contributed by atoms with E-state index in [1.54, 1.807) is 0 Å². The molecule has 3 nitrogen and oxygen atoms in total. The van der Waals surface area contributed by atoms with Gasteiger partial charge >= 0.3 is 0 Å². The van der Waals surface area contributed by atoms with E-state index in [1.165, 1.54) is 63.6 Å². The van der Waals surface area contributed by atoms with Crippen LogP contribution in [-0.4, -0.2) is 15.0 Å². The minimum absolute atomic E-state index is 0.652. The van der Waals surface area contributed by atoms with Crippen LogP contribution in [0.1, 0.15) is 0 Å². The SMILES string of the molecule is c1ccc(-c2nc(-c3ccccc3)nc(-c3ccc4c(sc5ccccc54)c3-c3ccc(-c4ccc5c6ccccc6c6ccccc6c5c4)cc3)n2)cc1. The molecule has 0 aliphatic carbocycles. The zero-order valence-corrected chi connectivity index (χ0v) is 30.5. The molecule has 11 aromatic rings. The van der Waals surface area contributed by atoms with Gasteiger partial charge < -0.3 is 0 Å². The Labute approximate surface area is 321 Å². The standard InChI is InChI=1S/C51H31N3S/c1-3-13-34(14-4-1)49-52-50(35-15-5-2-6-16-35)54-51(53-49)44-30-29-43-42-21-11-12-22-46(42)55-48(43)47(44)33-25-23-32(24-26-33)36-27-28-41-39-19-8-7-17-37(39)38-18-9-10-20-40(38)45(41)31-36/h1-31H. The van der Waals surface area contributed by atoms with Crippen LogP contribution in [-0.2, 0) is 0 Å². The third kappa shape index (κ3) is 5.30. The van der Waals surface area contributed by atoms with E-state index < -0.39 is 0 Å². The molecule has 256 valence electrons. The molecule has 0 aliphatic heterocycles. The molecule has 4 heteroatoms. The highest BCUT2D eigenvalue weighted by atomic mass is 32.1. The summed E-state index contributed by atoms with van der Waals surface area (Å²) in [6.07, 6.45) is 0. The van der Waals surface area contributed by atoms with Crippen molar-refractivity contribution in [1.29, 1.82) is 0 Å². The summed E-state index contributed by atoms with van der Waals surface area (Å²) in [5.74, 6) is 1.96. The lowest BCUT2D eigenvalue weighted by atomic mass is 9.91. The number of hydrogen-bond acceptors (Lipinski definition) is 4. The minimum Gasteiger partial charge on any atom is -0.208 e. The van der Waals surface area contributed by atoms with Gasteiger partial charge in [-0.2, -0.15) is 0 Å². The lowest BCUT2D eigenvalue weighted by Gasteiger charge is -2.14. The van der Waals surface area contributed by atoms with Crippen LogP contribution in [0, 0.1) is 0 Å². The molecule has 0 amide bonds. The van der Waals surface area contributed by atoms with Crippen molar-refractivity contribution in [2.45, 2.75) is 0 Å². The van der Waals surface area contributed by atoms with Crippen LogP contribution in [0.4, 0.5) is 0 Å². The highest BCUT2D eigenvalue weighted by Gasteiger charge is 2.20. The molecule has 0 spiro atoms. The average molecular weight is 718 g/mol. The first-order chi connectivity index (χ1) is 27.3. The van der Waals surface area contributed by atoms with E-state index in [4.69, 9.17) is 15.0 Å². The molecule has 9 aromatic carbocycles. The Kier molecular flexibility index (Phi) is 7.35. The van der Waals surface area contributed by atoms with Gasteiger partial charge in [0.05, 0.1) is 0 Å². The van der Waals surface area contributed by atoms with Gasteiger partial charge in [0.1, 0.15) is 0 Å². The average Bonchev–Trinajstić information content (AvgIpc) is 3.65. The monoisotopic (exact) mass is 717 g/mol. The summed E-state index contributed by atoms with van der Waals surface area (Å²) in [5, 5.41) is 10.2. The smallest absolute Gasteiger partial charge is 0.164 e. The third-order valence-electron chi connectivity index (χ3n) is 10.7. The van der Waals surface area contributed by atoms with Crippen molar-refractivity contribution in [3.05, 3.63) is 188 Å². The first-order valence-electron chi connectivity index (χ1n) is 18.5. The number of hydrogen-bond donors (Lipinski definition) is 0. The van der Waals surface area contributed by atoms with Crippen LogP contribution in [0.2, 0.25) is 0 Å². The topological polar surface area (TPSA) is 38.7 Å². The van der Waals surface area contributed by atoms with Crippen LogP contribution < -0.4 is 0 Å². The quantitative estimate of drug-likeness (QED) is 0.166. The predicted molar refractivity (Wildman–Crippen MR) is 232 cm³/mol. The number of fused-ring (bicyclic) bond motifs is 9. The molecule has 0 bridgehead atoms. The molecule has 0 saturated carbocycles. The molecule has 0 saturated heterocycles. The largest absolute Gasteiger partial charge is 0.208 e. The zero-order chi connectivity index (χ0) is 36.3. The minimum atomic E-state index is 0.652. The number of benzene rings is 9. The molecule has 0 fully saturated rings. The van der Waals surface area contributed by atoms with Gasteiger partial charge in [-0.05, 0) is 67.2 Å². The summed E-state index contributed by atoms with van der Waals surface area (Å²) in [7, 11) is 0. The first kappa shape index (κ1) is 31.5. The van der Waals surface area contributed by atoms with Crippen LogP contribution in [0.25, 0.3) is 109 Å². The lowest BCUT2D eigenvalue weighted by Crippen LogP contribution is -2.01. The van der Waals surface area contributed by atoms with Crippen molar-refractivity contribution in [2.75, 3.05) is 0 Å². The summed E-state index contributed by atoms with van der Waals surface area (Å²) in [6, 6.07) is 66.9. The Balaban J connectivity index is 1.11. The van der Waals surface area contributed by atoms with E-state index in [9.17, 15) is 0 Å². The number of nitrogens with zero attached hydrogens (tertiary/aromatic N) is 3. The van der Waals surface area contributed by atoms with E-state index in [-0.39, 0.29) is 0 Å². The van der Waals surface area contributed by atoms with E-state index in [1.807, 2.05) is 47.7 Å².